The zero-order valence-corrected chi connectivity index (χ0v) is 11.3. The number of ether oxygens (including phenoxy) is 1. The van der Waals surface area contributed by atoms with Crippen LogP contribution < -0.4 is 0 Å². The number of likely N-dealkylation sites (N-methyl/N-ethyl adjacent to an activating group) is 1. The van der Waals surface area contributed by atoms with Crippen LogP contribution in [0.5, 0.6) is 0 Å². The molecule has 0 amide bonds. The summed E-state index contributed by atoms with van der Waals surface area (Å²) in [5.41, 5.74) is -0.00204. The lowest BCUT2D eigenvalue weighted by Crippen LogP contribution is -2.48. The Morgan fingerprint density at radius 3 is 2.65 bits per heavy atom. The van der Waals surface area contributed by atoms with E-state index in [0.717, 1.165) is 13.1 Å². The average Bonchev–Trinajstić information content (AvgIpc) is 2.34. The standard InChI is InChI=1S/C12H24N2O3/c1-12(2)9-14(5-6-17-4)8-10(11(15)16)7-13(12)3/h10H,5-9H2,1-4H3,(H,15,16). The van der Waals surface area contributed by atoms with E-state index in [1.165, 1.54) is 0 Å². The van der Waals surface area contributed by atoms with Crippen molar-refractivity contribution in [1.29, 1.82) is 0 Å². The van der Waals surface area contributed by atoms with Crippen LogP contribution >= 0.6 is 0 Å². The molecule has 0 bridgehead atoms. The van der Waals surface area contributed by atoms with Gasteiger partial charge in [-0.05, 0) is 20.9 Å². The Kier molecular flexibility index (Phi) is 4.91. The topological polar surface area (TPSA) is 53.0 Å². The number of carboxylic acid groups (broad SMARTS) is 1. The lowest BCUT2D eigenvalue weighted by molar-refractivity contribution is -0.142. The first-order valence-corrected chi connectivity index (χ1v) is 6.02. The van der Waals surface area contributed by atoms with Crippen LogP contribution in [0.1, 0.15) is 13.8 Å². The second-order valence-corrected chi connectivity index (χ2v) is 5.46. The molecule has 1 aliphatic rings. The van der Waals surface area contributed by atoms with Crippen molar-refractivity contribution in [2.45, 2.75) is 19.4 Å². The summed E-state index contributed by atoms with van der Waals surface area (Å²) in [5, 5.41) is 9.21. The Balaban J connectivity index is 2.74. The highest BCUT2D eigenvalue weighted by molar-refractivity contribution is 5.70. The molecule has 1 aliphatic heterocycles. The van der Waals surface area contributed by atoms with Crippen molar-refractivity contribution >= 4 is 5.97 Å². The molecule has 5 heteroatoms. The molecule has 100 valence electrons. The van der Waals surface area contributed by atoms with E-state index in [-0.39, 0.29) is 11.5 Å². The number of aliphatic carboxylic acids is 1. The van der Waals surface area contributed by atoms with Gasteiger partial charge in [0.1, 0.15) is 0 Å². The number of hydrogen-bond acceptors (Lipinski definition) is 4. The summed E-state index contributed by atoms with van der Waals surface area (Å²) in [6.07, 6.45) is 0. The van der Waals surface area contributed by atoms with Gasteiger partial charge in [-0.25, -0.2) is 0 Å². The summed E-state index contributed by atoms with van der Waals surface area (Å²) in [6, 6.07) is 0. The minimum absolute atomic E-state index is 0.00204. The summed E-state index contributed by atoms with van der Waals surface area (Å²) in [7, 11) is 3.67. The van der Waals surface area contributed by atoms with E-state index in [2.05, 4.69) is 23.6 Å². The molecular weight excluding hydrogens is 220 g/mol. The first kappa shape index (κ1) is 14.4. The number of rotatable bonds is 4. The molecule has 0 radical (unpaired) electrons. The maximum atomic E-state index is 11.2. The van der Waals surface area contributed by atoms with Crippen molar-refractivity contribution in [2.24, 2.45) is 5.92 Å². The smallest absolute Gasteiger partial charge is 0.309 e. The predicted octanol–water partition coefficient (Wildman–Crippen LogP) is 0.360. The van der Waals surface area contributed by atoms with Gasteiger partial charge in [0.25, 0.3) is 0 Å². The molecule has 1 N–H and O–H groups in total. The van der Waals surface area contributed by atoms with E-state index in [4.69, 9.17) is 4.74 Å². The average molecular weight is 244 g/mol. The van der Waals surface area contributed by atoms with Crippen LogP contribution in [-0.4, -0.2) is 73.4 Å². The van der Waals surface area contributed by atoms with Gasteiger partial charge in [0.15, 0.2) is 0 Å². The molecule has 0 aromatic rings. The zero-order valence-electron chi connectivity index (χ0n) is 11.3. The Morgan fingerprint density at radius 2 is 2.12 bits per heavy atom. The van der Waals surface area contributed by atoms with Gasteiger partial charge in [-0.1, -0.05) is 0 Å². The van der Waals surface area contributed by atoms with Crippen LogP contribution in [-0.2, 0) is 9.53 Å². The van der Waals surface area contributed by atoms with Crippen molar-refractivity contribution < 1.29 is 14.6 Å². The summed E-state index contributed by atoms with van der Waals surface area (Å²) >= 11 is 0. The molecule has 0 aromatic heterocycles. The van der Waals surface area contributed by atoms with E-state index in [9.17, 15) is 9.90 Å². The molecule has 1 rings (SSSR count). The SMILES string of the molecule is COCCN1CC(C(=O)O)CN(C)C(C)(C)C1. The van der Waals surface area contributed by atoms with Crippen molar-refractivity contribution in [3.63, 3.8) is 0 Å². The highest BCUT2D eigenvalue weighted by Crippen LogP contribution is 2.21. The highest BCUT2D eigenvalue weighted by atomic mass is 16.5. The molecule has 1 saturated heterocycles. The summed E-state index contributed by atoms with van der Waals surface area (Å²) in [4.78, 5) is 15.5. The van der Waals surface area contributed by atoms with Crippen LogP contribution in [0, 0.1) is 5.92 Å². The molecule has 0 spiro atoms. The minimum Gasteiger partial charge on any atom is -0.481 e. The lowest BCUT2D eigenvalue weighted by Gasteiger charge is -2.36. The fourth-order valence-electron chi connectivity index (χ4n) is 2.23. The van der Waals surface area contributed by atoms with Gasteiger partial charge in [0.2, 0.25) is 0 Å². The molecule has 1 fully saturated rings. The first-order chi connectivity index (χ1) is 7.86. The Labute approximate surface area is 103 Å². The Hall–Kier alpha value is -0.650. The van der Waals surface area contributed by atoms with Gasteiger partial charge in [-0.2, -0.15) is 0 Å². The zero-order chi connectivity index (χ0) is 13.1. The van der Waals surface area contributed by atoms with Crippen LogP contribution in [0.3, 0.4) is 0 Å². The fraction of sp³-hybridized carbons (Fsp3) is 0.917. The molecule has 1 atom stereocenters. The summed E-state index contributed by atoms with van der Waals surface area (Å²) in [5.74, 6) is -1.03. The van der Waals surface area contributed by atoms with Crippen LogP contribution in [0.15, 0.2) is 0 Å². The first-order valence-electron chi connectivity index (χ1n) is 6.02. The lowest BCUT2D eigenvalue weighted by atomic mass is 10.0. The molecule has 0 aliphatic carbocycles. The second kappa shape index (κ2) is 5.80. The van der Waals surface area contributed by atoms with E-state index < -0.39 is 5.97 Å². The fourth-order valence-corrected chi connectivity index (χ4v) is 2.23. The van der Waals surface area contributed by atoms with Gasteiger partial charge in [-0.15, -0.1) is 0 Å². The van der Waals surface area contributed by atoms with Crippen molar-refractivity contribution in [1.82, 2.24) is 9.80 Å². The Bertz CT molecular complexity index is 268. The minimum atomic E-state index is -0.711. The number of hydrogen-bond donors (Lipinski definition) is 1. The molecule has 0 aromatic carbocycles. The van der Waals surface area contributed by atoms with E-state index >= 15 is 0 Å². The largest absolute Gasteiger partial charge is 0.481 e. The summed E-state index contributed by atoms with van der Waals surface area (Å²) in [6.45, 7) is 7.81. The monoisotopic (exact) mass is 244 g/mol. The quantitative estimate of drug-likeness (QED) is 0.774. The molecule has 1 unspecified atom stereocenters. The third-order valence-electron chi connectivity index (χ3n) is 3.58. The molecule has 0 saturated carbocycles. The third kappa shape index (κ3) is 3.94. The number of nitrogens with zero attached hydrogens (tertiary/aromatic N) is 2. The normalized spacial score (nSPS) is 26.7. The van der Waals surface area contributed by atoms with Gasteiger partial charge < -0.3 is 9.84 Å². The van der Waals surface area contributed by atoms with Gasteiger partial charge in [-0.3, -0.25) is 14.6 Å². The van der Waals surface area contributed by atoms with Crippen LogP contribution in [0.4, 0.5) is 0 Å². The van der Waals surface area contributed by atoms with Crippen LogP contribution in [0.25, 0.3) is 0 Å². The van der Waals surface area contributed by atoms with Crippen molar-refractivity contribution in [3.05, 3.63) is 0 Å². The highest BCUT2D eigenvalue weighted by Gasteiger charge is 2.35. The molecular formula is C12H24N2O3. The third-order valence-corrected chi connectivity index (χ3v) is 3.58. The van der Waals surface area contributed by atoms with Crippen molar-refractivity contribution in [2.75, 3.05) is 46.9 Å². The van der Waals surface area contributed by atoms with E-state index in [1.54, 1.807) is 7.11 Å². The number of carboxylic acids is 1. The maximum Gasteiger partial charge on any atom is 0.309 e. The molecule has 17 heavy (non-hydrogen) atoms. The van der Waals surface area contributed by atoms with E-state index in [0.29, 0.717) is 19.7 Å². The molecule has 5 nitrogen and oxygen atoms in total. The number of methoxy groups -OCH3 is 1. The number of carbonyl (C=O) groups is 1. The maximum absolute atomic E-state index is 11.2. The van der Waals surface area contributed by atoms with Gasteiger partial charge in [0.05, 0.1) is 12.5 Å². The van der Waals surface area contributed by atoms with E-state index in [1.807, 2.05) is 7.05 Å². The summed E-state index contributed by atoms with van der Waals surface area (Å²) < 4.78 is 5.07. The molecule has 1 heterocycles. The van der Waals surface area contributed by atoms with Gasteiger partial charge >= 0.3 is 5.97 Å². The predicted molar refractivity (Wildman–Crippen MR) is 66.2 cm³/mol. The van der Waals surface area contributed by atoms with Crippen LogP contribution in [0.2, 0.25) is 0 Å². The van der Waals surface area contributed by atoms with Crippen molar-refractivity contribution in [3.8, 4) is 0 Å². The Morgan fingerprint density at radius 1 is 1.47 bits per heavy atom. The van der Waals surface area contributed by atoms with Gasteiger partial charge in [0, 0.05) is 38.8 Å². The second-order valence-electron chi connectivity index (χ2n) is 5.46.